The molecule has 2 aromatic rings. The number of hydrogen-bond acceptors (Lipinski definition) is 6. The first-order valence-corrected chi connectivity index (χ1v) is 6.29. The molecule has 0 aromatic carbocycles. The quantitative estimate of drug-likeness (QED) is 0.869. The fourth-order valence-corrected chi connectivity index (χ4v) is 2.85. The minimum Gasteiger partial charge on any atom is -0.481 e. The van der Waals surface area contributed by atoms with Gasteiger partial charge in [0.25, 0.3) is 0 Å². The Bertz CT molecular complexity index is 613. The lowest BCUT2D eigenvalue weighted by atomic mass is 10.3. The largest absolute Gasteiger partial charge is 0.481 e. The number of aliphatic hydroxyl groups excluding tert-OH is 1. The molecule has 0 radical (unpaired) electrons. The molecule has 1 amide bonds. The zero-order valence-corrected chi connectivity index (χ0v) is 10.5. The summed E-state index contributed by atoms with van der Waals surface area (Å²) in [6, 6.07) is 3.53. The number of nitrogens with zero attached hydrogens (tertiary/aromatic N) is 3. The van der Waals surface area contributed by atoms with Crippen LogP contribution in [0.4, 0.5) is 5.13 Å². The van der Waals surface area contributed by atoms with Crippen molar-refractivity contribution in [2.75, 3.05) is 18.6 Å². The van der Waals surface area contributed by atoms with Crippen LogP contribution >= 0.6 is 11.3 Å². The predicted molar refractivity (Wildman–Crippen MR) is 66.9 cm³/mol. The molecule has 3 heterocycles. The van der Waals surface area contributed by atoms with Crippen molar-refractivity contribution >= 4 is 32.7 Å². The van der Waals surface area contributed by atoms with Crippen LogP contribution in [0, 0.1) is 0 Å². The Labute approximate surface area is 107 Å². The Kier molecular flexibility index (Phi) is 2.64. The van der Waals surface area contributed by atoms with E-state index in [1.807, 2.05) is 0 Å². The van der Waals surface area contributed by atoms with Crippen molar-refractivity contribution in [2.45, 2.75) is 12.5 Å². The second kappa shape index (κ2) is 4.18. The number of fused-ring (bicyclic) bond motifs is 1. The third-order valence-corrected chi connectivity index (χ3v) is 3.75. The third kappa shape index (κ3) is 1.81. The molecule has 6 nitrogen and oxygen atoms in total. The lowest BCUT2D eigenvalue weighted by Gasteiger charge is -2.10. The molecule has 1 N–H and O–H groups in total. The first kappa shape index (κ1) is 11.4. The van der Waals surface area contributed by atoms with Crippen LogP contribution in [0.1, 0.15) is 6.42 Å². The van der Waals surface area contributed by atoms with Crippen LogP contribution in [0.2, 0.25) is 0 Å². The number of carbonyl (C=O) groups excluding carboxylic acids is 1. The summed E-state index contributed by atoms with van der Waals surface area (Å²) in [7, 11) is 1.55. The lowest BCUT2D eigenvalue weighted by molar-refractivity contribution is -0.117. The van der Waals surface area contributed by atoms with Gasteiger partial charge in [-0.3, -0.25) is 9.69 Å². The van der Waals surface area contributed by atoms with E-state index in [0.717, 1.165) is 10.3 Å². The molecule has 3 rings (SSSR count). The first-order valence-electron chi connectivity index (χ1n) is 5.47. The number of β-amino-alcohol motifs (C(OH)–C–C–N with tert-alkyl or cyclic N) is 1. The molecule has 1 aliphatic rings. The van der Waals surface area contributed by atoms with Crippen molar-refractivity contribution in [3.05, 3.63) is 12.1 Å². The summed E-state index contributed by atoms with van der Waals surface area (Å²) < 4.78 is 5.04. The third-order valence-electron chi connectivity index (χ3n) is 2.76. The maximum Gasteiger partial charge on any atom is 0.231 e. The standard InChI is InChI=1S/C11H11N3O3S/c1-17-8-3-2-7-10(13-8)18-11(12-7)14-5-6(15)4-9(14)16/h2-3,6,15H,4-5H2,1H3. The average molecular weight is 265 g/mol. The number of anilines is 1. The number of aliphatic hydroxyl groups is 1. The Hall–Kier alpha value is -1.73. The molecule has 7 heteroatoms. The number of hydrogen-bond donors (Lipinski definition) is 1. The van der Waals surface area contributed by atoms with E-state index in [-0.39, 0.29) is 12.3 Å². The van der Waals surface area contributed by atoms with Gasteiger partial charge in [-0.2, -0.15) is 0 Å². The topological polar surface area (TPSA) is 75.6 Å². The fraction of sp³-hybridized carbons (Fsp3) is 0.364. The van der Waals surface area contributed by atoms with Gasteiger partial charge in [0.1, 0.15) is 10.3 Å². The summed E-state index contributed by atoms with van der Waals surface area (Å²) in [6.07, 6.45) is -0.445. The number of methoxy groups -OCH3 is 1. The van der Waals surface area contributed by atoms with Gasteiger partial charge in [-0.15, -0.1) is 0 Å². The van der Waals surface area contributed by atoms with E-state index in [2.05, 4.69) is 9.97 Å². The molecule has 1 fully saturated rings. The van der Waals surface area contributed by atoms with Crippen LogP contribution in [-0.4, -0.2) is 40.7 Å². The Morgan fingerprint density at radius 2 is 2.33 bits per heavy atom. The van der Waals surface area contributed by atoms with E-state index in [0.29, 0.717) is 17.6 Å². The number of amides is 1. The smallest absolute Gasteiger partial charge is 0.231 e. The highest BCUT2D eigenvalue weighted by Crippen LogP contribution is 2.31. The number of ether oxygens (including phenoxy) is 1. The van der Waals surface area contributed by atoms with Gasteiger partial charge in [-0.05, 0) is 6.07 Å². The molecular weight excluding hydrogens is 254 g/mol. The summed E-state index contributed by atoms with van der Waals surface area (Å²) in [5, 5.41) is 10.0. The molecule has 1 saturated heterocycles. The summed E-state index contributed by atoms with van der Waals surface area (Å²) >= 11 is 1.32. The molecule has 94 valence electrons. The number of rotatable bonds is 2. The fourth-order valence-electron chi connectivity index (χ4n) is 1.89. The number of thiazole rings is 1. The van der Waals surface area contributed by atoms with Crippen molar-refractivity contribution < 1.29 is 14.6 Å². The van der Waals surface area contributed by atoms with Gasteiger partial charge in [-0.1, -0.05) is 11.3 Å². The van der Waals surface area contributed by atoms with Gasteiger partial charge < -0.3 is 9.84 Å². The van der Waals surface area contributed by atoms with Crippen molar-refractivity contribution in [1.82, 2.24) is 9.97 Å². The molecule has 1 aliphatic heterocycles. The van der Waals surface area contributed by atoms with Crippen LogP contribution < -0.4 is 9.64 Å². The molecule has 0 aliphatic carbocycles. The van der Waals surface area contributed by atoms with Crippen molar-refractivity contribution in [3.63, 3.8) is 0 Å². The molecule has 0 bridgehead atoms. The van der Waals surface area contributed by atoms with E-state index >= 15 is 0 Å². The zero-order valence-electron chi connectivity index (χ0n) is 9.66. The van der Waals surface area contributed by atoms with E-state index in [1.54, 1.807) is 19.2 Å². The second-order valence-electron chi connectivity index (χ2n) is 4.04. The molecule has 2 aromatic heterocycles. The minimum atomic E-state index is -0.605. The van der Waals surface area contributed by atoms with Crippen LogP contribution in [0.15, 0.2) is 12.1 Å². The highest BCUT2D eigenvalue weighted by Gasteiger charge is 2.31. The maximum absolute atomic E-state index is 11.7. The Morgan fingerprint density at radius 1 is 1.50 bits per heavy atom. The van der Waals surface area contributed by atoms with Gasteiger partial charge in [0.2, 0.25) is 11.8 Å². The lowest BCUT2D eigenvalue weighted by Crippen LogP contribution is -2.24. The summed E-state index contributed by atoms with van der Waals surface area (Å²) in [6.45, 7) is 0.301. The van der Waals surface area contributed by atoms with Gasteiger partial charge in [0, 0.05) is 6.07 Å². The van der Waals surface area contributed by atoms with E-state index < -0.39 is 6.10 Å². The molecule has 18 heavy (non-hydrogen) atoms. The van der Waals surface area contributed by atoms with Gasteiger partial charge >= 0.3 is 0 Å². The van der Waals surface area contributed by atoms with Crippen LogP contribution in [0.5, 0.6) is 5.88 Å². The van der Waals surface area contributed by atoms with E-state index in [1.165, 1.54) is 16.2 Å². The van der Waals surface area contributed by atoms with E-state index in [4.69, 9.17) is 4.74 Å². The number of aromatic nitrogens is 2. The van der Waals surface area contributed by atoms with Crippen molar-refractivity contribution in [3.8, 4) is 5.88 Å². The van der Waals surface area contributed by atoms with Crippen LogP contribution in [0.3, 0.4) is 0 Å². The van der Waals surface area contributed by atoms with Crippen molar-refractivity contribution in [1.29, 1.82) is 0 Å². The van der Waals surface area contributed by atoms with Gasteiger partial charge in [-0.25, -0.2) is 9.97 Å². The normalized spacial score (nSPS) is 19.8. The minimum absolute atomic E-state index is 0.103. The van der Waals surface area contributed by atoms with Gasteiger partial charge in [0.15, 0.2) is 5.13 Å². The first-order chi connectivity index (χ1) is 8.67. The Morgan fingerprint density at radius 3 is 3.00 bits per heavy atom. The van der Waals surface area contributed by atoms with Crippen LogP contribution in [0.25, 0.3) is 10.3 Å². The summed E-state index contributed by atoms with van der Waals surface area (Å²) in [5.74, 6) is 0.416. The monoisotopic (exact) mass is 265 g/mol. The van der Waals surface area contributed by atoms with Gasteiger partial charge in [0.05, 0.1) is 26.2 Å². The highest BCUT2D eigenvalue weighted by molar-refractivity contribution is 7.22. The van der Waals surface area contributed by atoms with E-state index in [9.17, 15) is 9.90 Å². The Balaban J connectivity index is 2.00. The SMILES string of the molecule is COc1ccc2nc(N3CC(O)CC3=O)sc2n1. The van der Waals surface area contributed by atoms with Crippen LogP contribution in [-0.2, 0) is 4.79 Å². The molecule has 1 unspecified atom stereocenters. The molecular formula is C11H11N3O3S. The molecule has 0 spiro atoms. The maximum atomic E-state index is 11.7. The van der Waals surface area contributed by atoms with Crippen molar-refractivity contribution in [2.24, 2.45) is 0 Å². The number of pyridine rings is 1. The second-order valence-corrected chi connectivity index (χ2v) is 4.99. The summed E-state index contributed by atoms with van der Waals surface area (Å²) in [4.78, 5) is 22.5. The summed E-state index contributed by atoms with van der Waals surface area (Å²) in [5.41, 5.74) is 0.727. The zero-order chi connectivity index (χ0) is 12.7. The average Bonchev–Trinajstić information content (AvgIpc) is 2.90. The predicted octanol–water partition coefficient (Wildman–Crippen LogP) is 0.797. The molecule has 0 saturated carbocycles. The highest BCUT2D eigenvalue weighted by atomic mass is 32.1. The molecule has 1 atom stereocenters. The number of carbonyl (C=O) groups is 1.